The third-order valence-corrected chi connectivity index (χ3v) is 3.95. The molecule has 2 fully saturated rings. The first-order chi connectivity index (χ1) is 7.97. The van der Waals surface area contributed by atoms with Gasteiger partial charge >= 0.3 is 0 Å². The van der Waals surface area contributed by atoms with Gasteiger partial charge in [0.25, 0.3) is 0 Å². The zero-order chi connectivity index (χ0) is 12.2. The molecule has 1 aromatic rings. The van der Waals surface area contributed by atoms with Gasteiger partial charge in [-0.3, -0.25) is 0 Å². The van der Waals surface area contributed by atoms with Crippen molar-refractivity contribution in [2.24, 2.45) is 0 Å². The first-order valence-corrected chi connectivity index (χ1v) is 6.80. The van der Waals surface area contributed by atoms with Crippen molar-refractivity contribution in [2.75, 3.05) is 0 Å². The predicted molar refractivity (Wildman–Crippen MR) is 69.1 cm³/mol. The Kier molecular flexibility index (Phi) is 2.36. The van der Waals surface area contributed by atoms with Crippen molar-refractivity contribution in [2.45, 2.75) is 63.7 Å². The molecule has 0 heterocycles. The fourth-order valence-electron chi connectivity index (χ4n) is 2.95. The van der Waals surface area contributed by atoms with E-state index in [2.05, 4.69) is 20.8 Å². The summed E-state index contributed by atoms with van der Waals surface area (Å²) in [6.45, 7) is 6.79. The summed E-state index contributed by atoms with van der Waals surface area (Å²) in [5.74, 6) is 1.25. The first kappa shape index (κ1) is 11.3. The van der Waals surface area contributed by atoms with Crippen LogP contribution in [0.15, 0.2) is 12.1 Å². The van der Waals surface area contributed by atoms with Crippen molar-refractivity contribution in [3.63, 3.8) is 0 Å². The highest BCUT2D eigenvalue weighted by Crippen LogP contribution is 2.50. The van der Waals surface area contributed by atoms with E-state index >= 15 is 0 Å². The van der Waals surface area contributed by atoms with Gasteiger partial charge in [-0.1, -0.05) is 20.8 Å². The Morgan fingerprint density at radius 2 is 1.35 bits per heavy atom. The minimum absolute atomic E-state index is 0.0261. The third kappa shape index (κ3) is 2.12. The minimum Gasteiger partial charge on any atom is -0.207 e. The largest absolute Gasteiger partial charge is 0.207 e. The molecule has 3 rings (SSSR count). The highest BCUT2D eigenvalue weighted by atomic mass is 19.1. The van der Waals surface area contributed by atoms with Crippen LogP contribution in [-0.2, 0) is 5.41 Å². The number of hydrogen-bond acceptors (Lipinski definition) is 0. The van der Waals surface area contributed by atoms with E-state index in [4.69, 9.17) is 0 Å². The van der Waals surface area contributed by atoms with Gasteiger partial charge in [-0.2, -0.15) is 0 Å². The van der Waals surface area contributed by atoms with Gasteiger partial charge in [0.15, 0.2) is 0 Å². The molecule has 92 valence electrons. The summed E-state index contributed by atoms with van der Waals surface area (Å²) in [4.78, 5) is 0. The molecule has 0 aromatic heterocycles. The highest BCUT2D eigenvalue weighted by molar-refractivity contribution is 5.47. The van der Waals surface area contributed by atoms with Gasteiger partial charge in [-0.25, -0.2) is 4.39 Å². The lowest BCUT2D eigenvalue weighted by molar-refractivity contribution is 0.565. The molecular weight excluding hydrogens is 211 g/mol. The molecule has 2 aliphatic rings. The van der Waals surface area contributed by atoms with E-state index < -0.39 is 0 Å². The quantitative estimate of drug-likeness (QED) is 0.682. The van der Waals surface area contributed by atoms with Crippen LogP contribution in [0.5, 0.6) is 0 Å². The van der Waals surface area contributed by atoms with Crippen LogP contribution in [0, 0.1) is 5.82 Å². The Balaban J connectivity index is 2.18. The molecule has 0 N–H and O–H groups in total. The second-order valence-electron chi connectivity index (χ2n) is 6.76. The number of halogens is 1. The topological polar surface area (TPSA) is 0 Å². The number of benzene rings is 1. The average molecular weight is 232 g/mol. The normalized spacial score (nSPS) is 20.7. The molecule has 0 nitrogen and oxygen atoms in total. The van der Waals surface area contributed by atoms with Crippen LogP contribution in [0.2, 0.25) is 0 Å². The van der Waals surface area contributed by atoms with E-state index in [-0.39, 0.29) is 11.2 Å². The molecule has 0 atom stereocenters. The van der Waals surface area contributed by atoms with E-state index in [0.717, 1.165) is 0 Å². The van der Waals surface area contributed by atoms with Crippen molar-refractivity contribution < 1.29 is 4.39 Å². The zero-order valence-corrected chi connectivity index (χ0v) is 11.0. The molecule has 0 radical (unpaired) electrons. The average Bonchev–Trinajstić information content (AvgIpc) is 3.08. The van der Waals surface area contributed by atoms with E-state index in [1.54, 1.807) is 12.1 Å². The molecular formula is C16H21F. The van der Waals surface area contributed by atoms with Crippen molar-refractivity contribution in [1.29, 1.82) is 0 Å². The van der Waals surface area contributed by atoms with Crippen molar-refractivity contribution in [3.05, 3.63) is 34.6 Å². The van der Waals surface area contributed by atoms with Crippen LogP contribution < -0.4 is 0 Å². The molecule has 17 heavy (non-hydrogen) atoms. The van der Waals surface area contributed by atoms with Gasteiger partial charge in [-0.05, 0) is 71.8 Å². The van der Waals surface area contributed by atoms with E-state index in [1.807, 2.05) is 0 Å². The third-order valence-electron chi connectivity index (χ3n) is 3.95. The SMILES string of the molecule is CC(C)(C)c1c(C2CC2)cc(F)cc1C1CC1. The van der Waals surface area contributed by atoms with Crippen LogP contribution in [0.25, 0.3) is 0 Å². The fraction of sp³-hybridized carbons (Fsp3) is 0.625. The van der Waals surface area contributed by atoms with Gasteiger partial charge < -0.3 is 0 Å². The van der Waals surface area contributed by atoms with Gasteiger partial charge in [0.2, 0.25) is 0 Å². The molecule has 0 saturated heterocycles. The number of rotatable bonds is 2. The van der Waals surface area contributed by atoms with Crippen LogP contribution >= 0.6 is 0 Å². The molecule has 0 spiro atoms. The maximum atomic E-state index is 13.8. The van der Waals surface area contributed by atoms with Gasteiger partial charge in [0.1, 0.15) is 5.82 Å². The lowest BCUT2D eigenvalue weighted by Gasteiger charge is -2.27. The second-order valence-corrected chi connectivity index (χ2v) is 6.76. The summed E-state index contributed by atoms with van der Waals surface area (Å²) in [5, 5.41) is 0. The fourth-order valence-corrected chi connectivity index (χ4v) is 2.95. The summed E-state index contributed by atoms with van der Waals surface area (Å²) in [6.07, 6.45) is 4.99. The minimum atomic E-state index is -0.0261. The molecule has 0 bridgehead atoms. The van der Waals surface area contributed by atoms with Crippen molar-refractivity contribution in [1.82, 2.24) is 0 Å². The molecule has 0 amide bonds. The van der Waals surface area contributed by atoms with Crippen LogP contribution in [0.3, 0.4) is 0 Å². The van der Waals surface area contributed by atoms with Crippen LogP contribution in [0.1, 0.15) is 75.0 Å². The summed E-state index contributed by atoms with van der Waals surface area (Å²) in [6, 6.07) is 3.59. The van der Waals surface area contributed by atoms with E-state index in [1.165, 1.54) is 42.4 Å². The van der Waals surface area contributed by atoms with E-state index in [9.17, 15) is 4.39 Å². The summed E-state index contributed by atoms with van der Waals surface area (Å²) in [5.41, 5.74) is 4.20. The Morgan fingerprint density at radius 3 is 1.65 bits per heavy atom. The molecule has 2 aliphatic carbocycles. The van der Waals surface area contributed by atoms with Crippen molar-refractivity contribution >= 4 is 0 Å². The first-order valence-electron chi connectivity index (χ1n) is 6.80. The van der Waals surface area contributed by atoms with E-state index in [0.29, 0.717) is 11.8 Å². The predicted octanol–water partition coefficient (Wildman–Crippen LogP) is 4.88. The lowest BCUT2D eigenvalue weighted by atomic mass is 9.78. The Bertz CT molecular complexity index is 412. The van der Waals surface area contributed by atoms with Gasteiger partial charge in [0, 0.05) is 0 Å². The summed E-state index contributed by atoms with van der Waals surface area (Å²) in [7, 11) is 0. The molecule has 2 saturated carbocycles. The second kappa shape index (κ2) is 3.57. The number of hydrogen-bond donors (Lipinski definition) is 0. The molecule has 1 aromatic carbocycles. The Morgan fingerprint density at radius 1 is 0.941 bits per heavy atom. The van der Waals surface area contributed by atoms with Crippen LogP contribution in [0.4, 0.5) is 4.39 Å². The molecule has 1 heteroatoms. The zero-order valence-electron chi connectivity index (χ0n) is 11.0. The summed E-state index contributed by atoms with van der Waals surface area (Å²) >= 11 is 0. The standard InChI is InChI=1S/C16H21F/c1-16(2,3)15-13(10-4-5-10)8-12(17)9-14(15)11-6-7-11/h8-11H,4-7H2,1-3H3. The Labute approximate surface area is 103 Å². The highest BCUT2D eigenvalue weighted by Gasteiger charge is 2.36. The van der Waals surface area contributed by atoms with Crippen molar-refractivity contribution in [3.8, 4) is 0 Å². The van der Waals surface area contributed by atoms with Gasteiger partial charge in [-0.15, -0.1) is 0 Å². The lowest BCUT2D eigenvalue weighted by Crippen LogP contribution is -2.17. The maximum Gasteiger partial charge on any atom is 0.123 e. The van der Waals surface area contributed by atoms with Gasteiger partial charge in [0.05, 0.1) is 0 Å². The molecule has 0 unspecified atom stereocenters. The monoisotopic (exact) mass is 232 g/mol. The summed E-state index contributed by atoms with van der Waals surface area (Å²) < 4.78 is 13.8. The molecule has 0 aliphatic heterocycles. The Hall–Kier alpha value is -0.850. The maximum absolute atomic E-state index is 13.8. The van der Waals surface area contributed by atoms with Crippen LogP contribution in [-0.4, -0.2) is 0 Å². The smallest absolute Gasteiger partial charge is 0.123 e.